The van der Waals surface area contributed by atoms with Gasteiger partial charge in [-0.05, 0) is 32.0 Å². The van der Waals surface area contributed by atoms with E-state index in [9.17, 15) is 9.59 Å². The van der Waals surface area contributed by atoms with E-state index < -0.39 is 11.8 Å². The van der Waals surface area contributed by atoms with Crippen molar-refractivity contribution in [2.45, 2.75) is 32.5 Å². The molecule has 1 aromatic heterocycles. The minimum atomic E-state index is -0.548. The number of halogens is 1. The summed E-state index contributed by atoms with van der Waals surface area (Å²) in [5.74, 6) is -0.477. The number of urea groups is 1. The van der Waals surface area contributed by atoms with Crippen LogP contribution in [0.5, 0.6) is 0 Å². The summed E-state index contributed by atoms with van der Waals surface area (Å²) in [4.78, 5) is 31.8. The SMILES string of the molecule is COC(=O)N1[C@H](C)CN(Cc2cccc(NC(=O)Nc3cccnc3)c2F)C[C@H]1C. The molecule has 2 heterocycles. The molecule has 8 nitrogen and oxygen atoms in total. The molecule has 1 saturated heterocycles. The van der Waals surface area contributed by atoms with Gasteiger partial charge in [0.2, 0.25) is 0 Å². The number of nitrogens with one attached hydrogen (secondary N) is 2. The molecule has 9 heteroatoms. The Morgan fingerprint density at radius 2 is 1.90 bits per heavy atom. The zero-order valence-electron chi connectivity index (χ0n) is 17.3. The number of pyridine rings is 1. The van der Waals surface area contributed by atoms with Crippen molar-refractivity contribution < 1.29 is 18.7 Å². The van der Waals surface area contributed by atoms with E-state index in [2.05, 4.69) is 20.5 Å². The van der Waals surface area contributed by atoms with E-state index in [1.165, 1.54) is 19.4 Å². The summed E-state index contributed by atoms with van der Waals surface area (Å²) in [7, 11) is 1.37. The number of amides is 3. The second kappa shape index (κ2) is 9.53. The van der Waals surface area contributed by atoms with Gasteiger partial charge in [0, 0.05) is 43.5 Å². The lowest BCUT2D eigenvalue weighted by Gasteiger charge is -2.43. The topological polar surface area (TPSA) is 86.8 Å². The molecule has 2 atom stereocenters. The van der Waals surface area contributed by atoms with Gasteiger partial charge in [0.15, 0.2) is 5.82 Å². The Labute approximate surface area is 175 Å². The Balaban J connectivity index is 1.65. The summed E-state index contributed by atoms with van der Waals surface area (Å²) in [5.41, 5.74) is 1.08. The van der Waals surface area contributed by atoms with Gasteiger partial charge in [-0.2, -0.15) is 0 Å². The number of rotatable bonds is 4. The molecule has 3 rings (SSSR count). The fourth-order valence-electron chi connectivity index (χ4n) is 3.79. The first kappa shape index (κ1) is 21.5. The minimum absolute atomic E-state index is 0.0594. The number of anilines is 2. The van der Waals surface area contributed by atoms with Gasteiger partial charge in [0.05, 0.1) is 24.7 Å². The van der Waals surface area contributed by atoms with E-state index in [1.807, 2.05) is 13.8 Å². The molecule has 3 amide bonds. The highest BCUT2D eigenvalue weighted by Crippen LogP contribution is 2.23. The van der Waals surface area contributed by atoms with Crippen molar-refractivity contribution >= 4 is 23.5 Å². The van der Waals surface area contributed by atoms with Crippen LogP contribution in [0.4, 0.5) is 25.4 Å². The van der Waals surface area contributed by atoms with Crippen LogP contribution < -0.4 is 10.6 Å². The predicted molar refractivity (Wildman–Crippen MR) is 112 cm³/mol. The Hall–Kier alpha value is -3.20. The highest BCUT2D eigenvalue weighted by atomic mass is 19.1. The predicted octanol–water partition coefficient (Wildman–Crippen LogP) is 3.53. The number of hydrogen-bond acceptors (Lipinski definition) is 5. The number of carbonyl (C=O) groups excluding carboxylic acids is 2. The van der Waals surface area contributed by atoms with Crippen molar-refractivity contribution in [3.63, 3.8) is 0 Å². The van der Waals surface area contributed by atoms with E-state index in [1.54, 1.807) is 35.4 Å². The lowest BCUT2D eigenvalue weighted by molar-refractivity contribution is 0.0295. The fraction of sp³-hybridized carbons (Fsp3) is 0.381. The number of hydrogen-bond donors (Lipinski definition) is 2. The van der Waals surface area contributed by atoms with Crippen LogP contribution in [0.1, 0.15) is 19.4 Å². The maximum atomic E-state index is 15.0. The normalized spacial score (nSPS) is 19.3. The molecular weight excluding hydrogens is 389 g/mol. The number of piperazine rings is 1. The summed E-state index contributed by atoms with van der Waals surface area (Å²) in [6.07, 6.45) is 2.74. The number of aromatic nitrogens is 1. The number of benzene rings is 1. The molecule has 1 aliphatic heterocycles. The first-order valence-corrected chi connectivity index (χ1v) is 9.73. The Bertz CT molecular complexity index is 883. The fourth-order valence-corrected chi connectivity index (χ4v) is 3.79. The molecule has 0 saturated carbocycles. The molecule has 0 unspecified atom stereocenters. The van der Waals surface area contributed by atoms with Crippen molar-refractivity contribution in [1.29, 1.82) is 0 Å². The maximum Gasteiger partial charge on any atom is 0.410 e. The van der Waals surface area contributed by atoms with E-state index >= 15 is 4.39 Å². The van der Waals surface area contributed by atoms with Gasteiger partial charge < -0.3 is 20.3 Å². The van der Waals surface area contributed by atoms with Gasteiger partial charge in [0.1, 0.15) is 0 Å². The molecule has 160 valence electrons. The summed E-state index contributed by atoms with van der Waals surface area (Å²) < 4.78 is 19.9. The molecule has 30 heavy (non-hydrogen) atoms. The molecule has 1 fully saturated rings. The molecule has 1 aromatic carbocycles. The van der Waals surface area contributed by atoms with Gasteiger partial charge in [-0.15, -0.1) is 0 Å². The molecular formula is C21H26FN5O3. The van der Waals surface area contributed by atoms with Crippen molar-refractivity contribution in [2.75, 3.05) is 30.8 Å². The van der Waals surface area contributed by atoms with Crippen LogP contribution in [0.15, 0.2) is 42.7 Å². The number of ether oxygens (including phenoxy) is 1. The standard InChI is InChI=1S/C21H26FN5O3/c1-14-11-26(12-15(2)27(14)21(29)30-3)13-16-6-4-8-18(19(16)22)25-20(28)24-17-7-5-9-23-10-17/h4-10,14-15H,11-13H2,1-3H3,(H2,24,25,28)/t14-,15-/m1/s1. The van der Waals surface area contributed by atoms with Crippen LogP contribution in [0, 0.1) is 5.82 Å². The zero-order chi connectivity index (χ0) is 21.7. The van der Waals surface area contributed by atoms with Gasteiger partial charge in [-0.3, -0.25) is 9.88 Å². The molecule has 0 aliphatic carbocycles. The lowest BCUT2D eigenvalue weighted by Crippen LogP contribution is -2.58. The smallest absolute Gasteiger partial charge is 0.410 e. The Morgan fingerprint density at radius 1 is 1.17 bits per heavy atom. The average molecular weight is 415 g/mol. The highest BCUT2D eigenvalue weighted by Gasteiger charge is 2.33. The quantitative estimate of drug-likeness (QED) is 0.798. The first-order chi connectivity index (χ1) is 14.4. The first-order valence-electron chi connectivity index (χ1n) is 9.73. The summed E-state index contributed by atoms with van der Waals surface area (Å²) in [6, 6.07) is 7.63. The van der Waals surface area contributed by atoms with Gasteiger partial charge in [-0.1, -0.05) is 12.1 Å². The number of methoxy groups -OCH3 is 1. The summed E-state index contributed by atoms with van der Waals surface area (Å²) >= 11 is 0. The summed E-state index contributed by atoms with van der Waals surface area (Å²) in [6.45, 7) is 5.44. The number of carbonyl (C=O) groups is 2. The van der Waals surface area contributed by atoms with Crippen molar-refractivity contribution in [2.24, 2.45) is 0 Å². The number of nitrogens with zero attached hydrogens (tertiary/aromatic N) is 3. The third-order valence-electron chi connectivity index (χ3n) is 5.02. The van der Waals surface area contributed by atoms with Crippen LogP contribution in [0.3, 0.4) is 0 Å². The van der Waals surface area contributed by atoms with E-state index in [0.717, 1.165) is 0 Å². The largest absolute Gasteiger partial charge is 0.453 e. The summed E-state index contributed by atoms with van der Waals surface area (Å²) in [5, 5.41) is 5.15. The Kier molecular flexibility index (Phi) is 6.83. The molecule has 2 N–H and O–H groups in total. The molecule has 0 bridgehead atoms. The van der Waals surface area contributed by atoms with Crippen molar-refractivity contribution in [3.05, 3.63) is 54.1 Å². The lowest BCUT2D eigenvalue weighted by atomic mass is 10.1. The molecule has 2 aromatic rings. The van der Waals surface area contributed by atoms with Crippen molar-refractivity contribution in [3.8, 4) is 0 Å². The third-order valence-corrected chi connectivity index (χ3v) is 5.02. The third kappa shape index (κ3) is 5.04. The molecule has 0 radical (unpaired) electrons. The average Bonchev–Trinajstić information content (AvgIpc) is 2.71. The van der Waals surface area contributed by atoms with Crippen LogP contribution in [-0.2, 0) is 11.3 Å². The van der Waals surface area contributed by atoms with E-state index in [0.29, 0.717) is 30.9 Å². The van der Waals surface area contributed by atoms with Crippen LogP contribution in [0.2, 0.25) is 0 Å². The molecule has 0 spiro atoms. The maximum absolute atomic E-state index is 15.0. The second-order valence-corrected chi connectivity index (χ2v) is 7.37. The van der Waals surface area contributed by atoms with E-state index in [-0.39, 0.29) is 23.9 Å². The van der Waals surface area contributed by atoms with Crippen LogP contribution in [0.25, 0.3) is 0 Å². The second-order valence-electron chi connectivity index (χ2n) is 7.37. The van der Waals surface area contributed by atoms with Gasteiger partial charge in [-0.25, -0.2) is 14.0 Å². The van der Waals surface area contributed by atoms with Crippen LogP contribution >= 0.6 is 0 Å². The minimum Gasteiger partial charge on any atom is -0.453 e. The molecule has 1 aliphatic rings. The zero-order valence-corrected chi connectivity index (χ0v) is 17.3. The van der Waals surface area contributed by atoms with Crippen molar-refractivity contribution in [1.82, 2.24) is 14.8 Å². The van der Waals surface area contributed by atoms with Crippen LogP contribution in [-0.4, -0.2) is 59.2 Å². The highest BCUT2D eigenvalue weighted by molar-refractivity contribution is 5.99. The Morgan fingerprint density at radius 3 is 2.53 bits per heavy atom. The van der Waals surface area contributed by atoms with Gasteiger partial charge >= 0.3 is 12.1 Å². The van der Waals surface area contributed by atoms with E-state index in [4.69, 9.17) is 4.74 Å². The van der Waals surface area contributed by atoms with Gasteiger partial charge in [0.25, 0.3) is 0 Å². The monoisotopic (exact) mass is 415 g/mol.